The summed E-state index contributed by atoms with van der Waals surface area (Å²) in [6, 6.07) is 6.72. The SMILES string of the molecule is C=CCn1[nH]c(CC)c(C(=O)c2ccccc2Cl)c1=O. The summed E-state index contributed by atoms with van der Waals surface area (Å²) >= 11 is 6.03. The topological polar surface area (TPSA) is 54.9 Å². The Morgan fingerprint density at radius 1 is 1.45 bits per heavy atom. The predicted octanol–water partition coefficient (Wildman–Crippen LogP) is 2.81. The Bertz CT molecular complexity index is 713. The normalized spacial score (nSPS) is 10.5. The van der Waals surface area contributed by atoms with Gasteiger partial charge < -0.3 is 0 Å². The molecule has 1 N–H and O–H groups in total. The Kier molecular flexibility index (Phi) is 4.25. The van der Waals surface area contributed by atoms with Gasteiger partial charge in [0.25, 0.3) is 5.56 Å². The second-order valence-corrected chi connectivity index (χ2v) is 4.74. The molecule has 0 aliphatic carbocycles. The Morgan fingerprint density at radius 3 is 2.75 bits per heavy atom. The highest BCUT2D eigenvalue weighted by molar-refractivity contribution is 6.35. The molecule has 0 atom stereocenters. The standard InChI is InChI=1S/C15H15ClN2O2/c1-3-9-18-15(20)13(12(4-2)17-18)14(19)10-7-5-6-8-11(10)16/h3,5-8,17H,1,4,9H2,2H3. The second kappa shape index (κ2) is 5.92. The summed E-state index contributed by atoms with van der Waals surface area (Å²) in [5.41, 5.74) is 0.765. The number of carbonyl (C=O) groups is 1. The van der Waals surface area contributed by atoms with Crippen molar-refractivity contribution in [3.8, 4) is 0 Å². The van der Waals surface area contributed by atoms with Gasteiger partial charge in [-0.3, -0.25) is 14.7 Å². The Labute approximate surface area is 121 Å². The van der Waals surface area contributed by atoms with E-state index in [1.165, 1.54) is 4.68 Å². The number of carbonyl (C=O) groups excluding carboxylic acids is 1. The van der Waals surface area contributed by atoms with Crippen molar-refractivity contribution >= 4 is 17.4 Å². The first-order valence-electron chi connectivity index (χ1n) is 6.32. The number of hydrogen-bond acceptors (Lipinski definition) is 2. The summed E-state index contributed by atoms with van der Waals surface area (Å²) in [6.45, 7) is 5.81. The van der Waals surface area contributed by atoms with Crippen LogP contribution in [0, 0.1) is 0 Å². The lowest BCUT2D eigenvalue weighted by molar-refractivity contribution is 0.103. The van der Waals surface area contributed by atoms with Gasteiger partial charge in [0.15, 0.2) is 0 Å². The molecular formula is C15H15ClN2O2. The molecule has 4 nitrogen and oxygen atoms in total. The lowest BCUT2D eigenvalue weighted by Crippen LogP contribution is -2.21. The highest BCUT2D eigenvalue weighted by atomic mass is 35.5. The molecule has 2 aromatic rings. The molecule has 0 radical (unpaired) electrons. The Hall–Kier alpha value is -2.07. The average Bonchev–Trinajstić information content (AvgIpc) is 2.76. The van der Waals surface area contributed by atoms with E-state index in [2.05, 4.69) is 11.7 Å². The van der Waals surface area contributed by atoms with Gasteiger partial charge in [-0.2, -0.15) is 0 Å². The Morgan fingerprint density at radius 2 is 2.15 bits per heavy atom. The molecule has 0 bridgehead atoms. The summed E-state index contributed by atoms with van der Waals surface area (Å²) in [7, 11) is 0. The summed E-state index contributed by atoms with van der Waals surface area (Å²) in [5.74, 6) is -0.350. The van der Waals surface area contributed by atoms with Crippen molar-refractivity contribution in [3.05, 3.63) is 69.1 Å². The molecule has 0 aliphatic rings. The van der Waals surface area contributed by atoms with E-state index in [1.54, 1.807) is 30.3 Å². The third kappa shape index (κ3) is 2.47. The number of nitrogens with zero attached hydrogens (tertiary/aromatic N) is 1. The molecule has 5 heteroatoms. The number of nitrogens with one attached hydrogen (secondary N) is 1. The smallest absolute Gasteiger partial charge is 0.278 e. The van der Waals surface area contributed by atoms with Crippen molar-refractivity contribution < 1.29 is 4.79 Å². The van der Waals surface area contributed by atoms with Gasteiger partial charge in [-0.25, -0.2) is 4.68 Å². The molecule has 0 saturated heterocycles. The molecule has 2 rings (SSSR count). The first-order valence-corrected chi connectivity index (χ1v) is 6.69. The second-order valence-electron chi connectivity index (χ2n) is 4.33. The van der Waals surface area contributed by atoms with Gasteiger partial charge in [-0.1, -0.05) is 36.7 Å². The monoisotopic (exact) mass is 290 g/mol. The number of aryl methyl sites for hydroxylation is 1. The van der Waals surface area contributed by atoms with E-state index in [0.29, 0.717) is 29.2 Å². The number of halogens is 1. The van der Waals surface area contributed by atoms with Crippen LogP contribution in [0.15, 0.2) is 41.7 Å². The summed E-state index contributed by atoms with van der Waals surface area (Å²) in [6.07, 6.45) is 2.16. The van der Waals surface area contributed by atoms with Crippen molar-refractivity contribution in [1.29, 1.82) is 0 Å². The van der Waals surface area contributed by atoms with Crippen LogP contribution < -0.4 is 5.56 Å². The van der Waals surface area contributed by atoms with E-state index >= 15 is 0 Å². The van der Waals surface area contributed by atoms with Crippen LogP contribution in [0.2, 0.25) is 5.02 Å². The fraction of sp³-hybridized carbons (Fsp3) is 0.200. The lowest BCUT2D eigenvalue weighted by Gasteiger charge is -2.02. The van der Waals surface area contributed by atoms with Crippen LogP contribution in [0.3, 0.4) is 0 Å². The van der Waals surface area contributed by atoms with Crippen molar-refractivity contribution in [2.24, 2.45) is 0 Å². The molecule has 1 aromatic carbocycles. The van der Waals surface area contributed by atoms with Crippen molar-refractivity contribution in [2.45, 2.75) is 19.9 Å². The third-order valence-corrected chi connectivity index (χ3v) is 3.37. The maximum absolute atomic E-state index is 12.5. The van der Waals surface area contributed by atoms with E-state index < -0.39 is 0 Å². The number of allylic oxidation sites excluding steroid dienone is 1. The minimum atomic E-state index is -0.350. The van der Waals surface area contributed by atoms with E-state index in [4.69, 9.17) is 11.6 Å². The van der Waals surface area contributed by atoms with Gasteiger partial charge in [-0.15, -0.1) is 6.58 Å². The Balaban J connectivity index is 2.58. The van der Waals surface area contributed by atoms with Gasteiger partial charge >= 0.3 is 0 Å². The maximum atomic E-state index is 12.5. The highest BCUT2D eigenvalue weighted by Gasteiger charge is 2.22. The molecule has 0 unspecified atom stereocenters. The van der Waals surface area contributed by atoms with Crippen LogP contribution in [0.5, 0.6) is 0 Å². The number of hydrogen-bond donors (Lipinski definition) is 1. The van der Waals surface area contributed by atoms with Crippen LogP contribution in [0.1, 0.15) is 28.5 Å². The van der Waals surface area contributed by atoms with Crippen LogP contribution in [-0.4, -0.2) is 15.6 Å². The van der Waals surface area contributed by atoms with Gasteiger partial charge in [0.1, 0.15) is 5.56 Å². The molecule has 104 valence electrons. The van der Waals surface area contributed by atoms with Crippen LogP contribution in [-0.2, 0) is 13.0 Å². The molecule has 0 amide bonds. The lowest BCUT2D eigenvalue weighted by atomic mass is 10.0. The average molecular weight is 291 g/mol. The largest absolute Gasteiger partial charge is 0.299 e. The number of aromatic amines is 1. The molecule has 1 aromatic heterocycles. The van der Waals surface area contributed by atoms with Crippen molar-refractivity contribution in [3.63, 3.8) is 0 Å². The fourth-order valence-corrected chi connectivity index (χ4v) is 2.28. The summed E-state index contributed by atoms with van der Waals surface area (Å²) in [5, 5.41) is 3.28. The molecule has 0 spiro atoms. The molecule has 20 heavy (non-hydrogen) atoms. The molecule has 1 heterocycles. The van der Waals surface area contributed by atoms with Crippen LogP contribution in [0.25, 0.3) is 0 Å². The van der Waals surface area contributed by atoms with Gasteiger partial charge in [0.2, 0.25) is 5.78 Å². The maximum Gasteiger partial charge on any atom is 0.278 e. The van der Waals surface area contributed by atoms with E-state index in [9.17, 15) is 9.59 Å². The summed E-state index contributed by atoms with van der Waals surface area (Å²) < 4.78 is 1.37. The zero-order valence-electron chi connectivity index (χ0n) is 11.1. The van der Waals surface area contributed by atoms with Gasteiger partial charge in [-0.05, 0) is 18.6 Å². The van der Waals surface area contributed by atoms with E-state index in [1.807, 2.05) is 6.92 Å². The number of aromatic nitrogens is 2. The van der Waals surface area contributed by atoms with E-state index in [0.717, 1.165) is 0 Å². The first kappa shape index (κ1) is 14.3. The minimum Gasteiger partial charge on any atom is -0.299 e. The van der Waals surface area contributed by atoms with Crippen LogP contribution >= 0.6 is 11.6 Å². The predicted molar refractivity (Wildman–Crippen MR) is 79.5 cm³/mol. The van der Waals surface area contributed by atoms with Gasteiger partial charge in [0.05, 0.1) is 11.6 Å². The number of ketones is 1. The van der Waals surface area contributed by atoms with E-state index in [-0.39, 0.29) is 16.9 Å². The number of rotatable bonds is 5. The minimum absolute atomic E-state index is 0.155. The quantitative estimate of drug-likeness (QED) is 0.680. The highest BCUT2D eigenvalue weighted by Crippen LogP contribution is 2.19. The van der Waals surface area contributed by atoms with Crippen LogP contribution in [0.4, 0.5) is 0 Å². The number of benzene rings is 1. The van der Waals surface area contributed by atoms with Gasteiger partial charge in [0, 0.05) is 11.3 Å². The fourth-order valence-electron chi connectivity index (χ4n) is 2.06. The van der Waals surface area contributed by atoms with Crippen molar-refractivity contribution in [1.82, 2.24) is 9.78 Å². The molecule has 0 saturated carbocycles. The number of H-pyrrole nitrogens is 1. The third-order valence-electron chi connectivity index (χ3n) is 3.04. The van der Waals surface area contributed by atoms with Crippen molar-refractivity contribution in [2.75, 3.05) is 0 Å². The molecule has 0 aliphatic heterocycles. The molecular weight excluding hydrogens is 276 g/mol. The first-order chi connectivity index (χ1) is 9.60. The zero-order chi connectivity index (χ0) is 14.7. The zero-order valence-corrected chi connectivity index (χ0v) is 11.9. The summed E-state index contributed by atoms with van der Waals surface area (Å²) in [4.78, 5) is 24.8. The molecule has 0 fully saturated rings.